The van der Waals surface area contributed by atoms with E-state index in [0.29, 0.717) is 5.75 Å². The minimum atomic E-state index is -3.43. The summed E-state index contributed by atoms with van der Waals surface area (Å²) in [6, 6.07) is 14.1. The van der Waals surface area contributed by atoms with Crippen molar-refractivity contribution in [2.75, 3.05) is 18.1 Å². The third kappa shape index (κ3) is 3.51. The van der Waals surface area contributed by atoms with Crippen molar-refractivity contribution in [1.29, 1.82) is 0 Å². The van der Waals surface area contributed by atoms with E-state index in [1.807, 2.05) is 25.1 Å². The predicted octanol–water partition coefficient (Wildman–Crippen LogP) is 2.43. The molecule has 2 aromatic rings. The summed E-state index contributed by atoms with van der Waals surface area (Å²) in [5.41, 5.74) is 6.87. The molecule has 0 aromatic heterocycles. The normalized spacial score (nSPS) is 11.2. The second-order valence-electron chi connectivity index (χ2n) is 4.52. The predicted molar refractivity (Wildman–Crippen MR) is 79.6 cm³/mol. The number of anilines is 1. The second kappa shape index (κ2) is 5.96. The highest BCUT2D eigenvalue weighted by atomic mass is 32.2. The third-order valence-electron chi connectivity index (χ3n) is 2.87. The highest BCUT2D eigenvalue weighted by Crippen LogP contribution is 2.21. The summed E-state index contributed by atoms with van der Waals surface area (Å²) in [6.45, 7) is 1.93. The summed E-state index contributed by atoms with van der Waals surface area (Å²) < 4.78 is 29.9. The molecule has 0 spiro atoms. The Morgan fingerprint density at radius 2 is 1.80 bits per heavy atom. The van der Waals surface area contributed by atoms with Gasteiger partial charge in [0, 0.05) is 0 Å². The molecular formula is C15H17NO3S. The Morgan fingerprint density at radius 1 is 1.10 bits per heavy atom. The number of hydrogen-bond donors (Lipinski definition) is 1. The van der Waals surface area contributed by atoms with Crippen molar-refractivity contribution in [2.45, 2.75) is 11.8 Å². The molecule has 0 saturated heterocycles. The number of rotatable bonds is 5. The zero-order chi connectivity index (χ0) is 14.6. The Labute approximate surface area is 119 Å². The van der Waals surface area contributed by atoms with Crippen molar-refractivity contribution in [1.82, 2.24) is 0 Å². The first kappa shape index (κ1) is 14.4. The van der Waals surface area contributed by atoms with Crippen LogP contribution in [0.4, 0.5) is 5.69 Å². The Balaban J connectivity index is 2.06. The van der Waals surface area contributed by atoms with Gasteiger partial charge in [-0.1, -0.05) is 24.3 Å². The lowest BCUT2D eigenvalue weighted by molar-refractivity contribution is 0.341. The van der Waals surface area contributed by atoms with Gasteiger partial charge in [0.1, 0.15) is 12.4 Å². The fourth-order valence-electron chi connectivity index (χ4n) is 1.81. The van der Waals surface area contributed by atoms with Gasteiger partial charge in [-0.3, -0.25) is 0 Å². The van der Waals surface area contributed by atoms with E-state index in [2.05, 4.69) is 0 Å². The number of sulfone groups is 1. The van der Waals surface area contributed by atoms with Gasteiger partial charge in [-0.05, 0) is 36.8 Å². The Hall–Kier alpha value is -2.01. The largest absolute Gasteiger partial charge is 0.493 e. The van der Waals surface area contributed by atoms with Crippen LogP contribution in [0.15, 0.2) is 53.4 Å². The average Bonchev–Trinajstić information content (AvgIpc) is 2.42. The van der Waals surface area contributed by atoms with E-state index in [0.717, 1.165) is 5.56 Å². The number of hydrogen-bond acceptors (Lipinski definition) is 4. The molecule has 2 rings (SSSR count). The first-order valence-corrected chi connectivity index (χ1v) is 7.91. The van der Waals surface area contributed by atoms with E-state index < -0.39 is 9.84 Å². The molecule has 2 N–H and O–H groups in total. The van der Waals surface area contributed by atoms with Gasteiger partial charge in [-0.15, -0.1) is 0 Å². The van der Waals surface area contributed by atoms with Crippen molar-refractivity contribution < 1.29 is 13.2 Å². The molecule has 0 amide bonds. The second-order valence-corrected chi connectivity index (χ2v) is 6.60. The van der Waals surface area contributed by atoms with Crippen LogP contribution >= 0.6 is 0 Å². The molecule has 0 unspecified atom stereocenters. The Morgan fingerprint density at radius 3 is 2.50 bits per heavy atom. The molecule has 0 aliphatic rings. The third-order valence-corrected chi connectivity index (χ3v) is 4.60. The SMILES string of the molecule is Cc1ccc(N)c(S(=O)(=O)CCOc2ccccc2)c1. The lowest BCUT2D eigenvalue weighted by Gasteiger charge is -2.09. The molecule has 4 nitrogen and oxygen atoms in total. The van der Waals surface area contributed by atoms with Gasteiger partial charge in [-0.25, -0.2) is 8.42 Å². The molecule has 0 radical (unpaired) electrons. The monoisotopic (exact) mass is 291 g/mol. The smallest absolute Gasteiger partial charge is 0.183 e. The van der Waals surface area contributed by atoms with Crippen LogP contribution in [0.2, 0.25) is 0 Å². The Bertz CT molecular complexity index is 682. The van der Waals surface area contributed by atoms with E-state index in [1.54, 1.807) is 30.3 Å². The van der Waals surface area contributed by atoms with Gasteiger partial charge in [0.25, 0.3) is 0 Å². The maximum Gasteiger partial charge on any atom is 0.183 e. The molecule has 0 atom stereocenters. The lowest BCUT2D eigenvalue weighted by Crippen LogP contribution is -2.15. The van der Waals surface area contributed by atoms with E-state index in [9.17, 15) is 8.42 Å². The topological polar surface area (TPSA) is 69.4 Å². The van der Waals surface area contributed by atoms with Crippen LogP contribution in [0, 0.1) is 6.92 Å². The zero-order valence-corrected chi connectivity index (χ0v) is 12.1. The molecule has 0 heterocycles. The number of nitrogens with two attached hydrogens (primary N) is 1. The summed E-state index contributed by atoms with van der Waals surface area (Å²) in [4.78, 5) is 0.175. The fourth-order valence-corrected chi connectivity index (χ4v) is 3.12. The number of aryl methyl sites for hydroxylation is 1. The first-order valence-electron chi connectivity index (χ1n) is 6.26. The van der Waals surface area contributed by atoms with Crippen LogP contribution in [-0.4, -0.2) is 20.8 Å². The minimum Gasteiger partial charge on any atom is -0.493 e. The van der Waals surface area contributed by atoms with Crippen LogP contribution < -0.4 is 10.5 Å². The van der Waals surface area contributed by atoms with Gasteiger partial charge in [0.05, 0.1) is 16.3 Å². The maximum atomic E-state index is 12.2. The van der Waals surface area contributed by atoms with Crippen molar-refractivity contribution in [3.8, 4) is 5.75 Å². The van der Waals surface area contributed by atoms with Crippen LogP contribution in [0.5, 0.6) is 5.75 Å². The van der Waals surface area contributed by atoms with Gasteiger partial charge in [-0.2, -0.15) is 0 Å². The molecule has 5 heteroatoms. The molecule has 0 aliphatic heterocycles. The summed E-state index contributed by atoms with van der Waals surface area (Å²) in [5, 5.41) is 0. The summed E-state index contributed by atoms with van der Waals surface area (Å²) in [5.74, 6) is 0.551. The molecule has 0 bridgehead atoms. The number of para-hydroxylation sites is 1. The van der Waals surface area contributed by atoms with Crippen molar-refractivity contribution in [2.24, 2.45) is 0 Å². The fraction of sp³-hybridized carbons (Fsp3) is 0.200. The van der Waals surface area contributed by atoms with Crippen LogP contribution in [0.3, 0.4) is 0 Å². The molecule has 106 valence electrons. The van der Waals surface area contributed by atoms with Crippen LogP contribution in [0.1, 0.15) is 5.56 Å². The van der Waals surface area contributed by atoms with E-state index in [4.69, 9.17) is 10.5 Å². The maximum absolute atomic E-state index is 12.2. The van der Waals surface area contributed by atoms with E-state index in [-0.39, 0.29) is 22.9 Å². The number of nitrogen functional groups attached to an aromatic ring is 1. The zero-order valence-electron chi connectivity index (χ0n) is 11.2. The summed E-state index contributed by atoms with van der Waals surface area (Å²) >= 11 is 0. The molecule has 0 aliphatic carbocycles. The molecule has 2 aromatic carbocycles. The van der Waals surface area contributed by atoms with Gasteiger partial charge >= 0.3 is 0 Å². The van der Waals surface area contributed by atoms with Gasteiger partial charge in [0.2, 0.25) is 0 Å². The van der Waals surface area contributed by atoms with E-state index in [1.165, 1.54) is 0 Å². The highest BCUT2D eigenvalue weighted by Gasteiger charge is 2.17. The number of ether oxygens (including phenoxy) is 1. The lowest BCUT2D eigenvalue weighted by atomic mass is 10.2. The summed E-state index contributed by atoms with van der Waals surface area (Å²) in [7, 11) is -3.43. The van der Waals surface area contributed by atoms with Gasteiger partial charge < -0.3 is 10.5 Å². The van der Waals surface area contributed by atoms with Crippen LogP contribution in [0.25, 0.3) is 0 Å². The minimum absolute atomic E-state index is 0.0970. The average molecular weight is 291 g/mol. The highest BCUT2D eigenvalue weighted by molar-refractivity contribution is 7.91. The van der Waals surface area contributed by atoms with Crippen molar-refractivity contribution >= 4 is 15.5 Å². The van der Waals surface area contributed by atoms with Crippen molar-refractivity contribution in [3.63, 3.8) is 0 Å². The van der Waals surface area contributed by atoms with Crippen LogP contribution in [-0.2, 0) is 9.84 Å². The molecule has 20 heavy (non-hydrogen) atoms. The molecular weight excluding hydrogens is 274 g/mol. The van der Waals surface area contributed by atoms with Gasteiger partial charge in [0.15, 0.2) is 9.84 Å². The summed E-state index contributed by atoms with van der Waals surface area (Å²) in [6.07, 6.45) is 0. The standard InChI is InChI=1S/C15H17NO3S/c1-12-7-8-14(16)15(11-12)20(17,18)10-9-19-13-5-3-2-4-6-13/h2-8,11H,9-10,16H2,1H3. The molecule has 0 saturated carbocycles. The van der Waals surface area contributed by atoms with Crippen molar-refractivity contribution in [3.05, 3.63) is 54.1 Å². The number of benzene rings is 2. The first-order chi connectivity index (χ1) is 9.49. The van der Waals surface area contributed by atoms with E-state index >= 15 is 0 Å². The Kier molecular flexibility index (Phi) is 4.29. The molecule has 0 fully saturated rings. The quantitative estimate of drug-likeness (QED) is 0.859.